The number of nitrogens with one attached hydrogen (secondary N) is 1. The number of aryl methyl sites for hydroxylation is 2. The quantitative estimate of drug-likeness (QED) is 0.275. The molecular formula is C26H24N2O4S. The molecule has 0 saturated carbocycles. The van der Waals surface area contributed by atoms with Gasteiger partial charge < -0.3 is 14.8 Å². The van der Waals surface area contributed by atoms with Crippen LogP contribution in [0.15, 0.2) is 53.4 Å². The summed E-state index contributed by atoms with van der Waals surface area (Å²) in [6, 6.07) is 14.9. The summed E-state index contributed by atoms with van der Waals surface area (Å²) < 4.78 is 10.4. The van der Waals surface area contributed by atoms with Crippen LogP contribution in [-0.2, 0) is 9.53 Å². The van der Waals surface area contributed by atoms with Crippen molar-refractivity contribution in [2.24, 2.45) is 0 Å². The zero-order chi connectivity index (χ0) is 24.0. The van der Waals surface area contributed by atoms with Gasteiger partial charge in [-0.25, -0.2) is 4.79 Å². The molecule has 1 aromatic heterocycles. The van der Waals surface area contributed by atoms with Gasteiger partial charge in [0, 0.05) is 10.9 Å². The molecule has 1 amide bonds. The fourth-order valence-electron chi connectivity index (χ4n) is 3.36. The molecule has 3 aromatic rings. The second-order valence-corrected chi connectivity index (χ2v) is 8.17. The molecule has 0 saturated heterocycles. The maximum atomic E-state index is 12.9. The van der Waals surface area contributed by atoms with Crippen LogP contribution < -0.4 is 10.1 Å². The van der Waals surface area contributed by atoms with Crippen LogP contribution in [0.5, 0.6) is 5.75 Å². The molecule has 0 atom stereocenters. The van der Waals surface area contributed by atoms with E-state index in [1.54, 1.807) is 38.3 Å². The lowest BCUT2D eigenvalue weighted by atomic mass is 9.97. The Morgan fingerprint density at radius 1 is 1.12 bits per heavy atom. The van der Waals surface area contributed by atoms with Crippen molar-refractivity contribution in [1.82, 2.24) is 0 Å². The average Bonchev–Trinajstić information content (AvgIpc) is 3.21. The number of carbonyl (C=O) groups excluding carboxylic acids is 2. The van der Waals surface area contributed by atoms with Crippen LogP contribution >= 0.6 is 11.3 Å². The van der Waals surface area contributed by atoms with E-state index >= 15 is 0 Å². The van der Waals surface area contributed by atoms with Crippen molar-refractivity contribution in [3.8, 4) is 22.9 Å². The van der Waals surface area contributed by atoms with E-state index < -0.39 is 11.9 Å². The Labute approximate surface area is 197 Å². The first-order valence-electron chi connectivity index (χ1n) is 10.3. The summed E-state index contributed by atoms with van der Waals surface area (Å²) in [6.07, 6.45) is 1.48. The zero-order valence-electron chi connectivity index (χ0n) is 18.9. The number of esters is 1. The highest BCUT2D eigenvalue weighted by Gasteiger charge is 2.24. The molecule has 6 nitrogen and oxygen atoms in total. The fraction of sp³-hybridized carbons (Fsp3) is 0.192. The van der Waals surface area contributed by atoms with Crippen LogP contribution in [0.3, 0.4) is 0 Å². The van der Waals surface area contributed by atoms with E-state index in [9.17, 15) is 14.9 Å². The number of benzene rings is 2. The highest BCUT2D eigenvalue weighted by atomic mass is 32.1. The molecule has 0 fully saturated rings. The predicted octanol–water partition coefficient (Wildman–Crippen LogP) is 5.76. The molecule has 0 bridgehead atoms. The van der Waals surface area contributed by atoms with Crippen molar-refractivity contribution >= 4 is 34.3 Å². The third-order valence-corrected chi connectivity index (χ3v) is 5.86. The van der Waals surface area contributed by atoms with Crippen molar-refractivity contribution < 1.29 is 19.1 Å². The smallest absolute Gasteiger partial charge is 0.341 e. The Bertz CT molecular complexity index is 1250. The number of hydrogen-bond donors (Lipinski definition) is 1. The van der Waals surface area contributed by atoms with E-state index in [2.05, 4.69) is 5.32 Å². The van der Waals surface area contributed by atoms with E-state index in [0.717, 1.165) is 16.7 Å². The first kappa shape index (κ1) is 23.8. The molecule has 0 radical (unpaired) electrons. The van der Waals surface area contributed by atoms with Crippen LogP contribution in [-0.4, -0.2) is 25.6 Å². The summed E-state index contributed by atoms with van der Waals surface area (Å²) in [6.45, 7) is 5.90. The molecule has 0 spiro atoms. The molecular weight excluding hydrogens is 436 g/mol. The van der Waals surface area contributed by atoms with Gasteiger partial charge in [-0.15, -0.1) is 11.3 Å². The third kappa shape index (κ3) is 5.48. The molecule has 0 aliphatic heterocycles. The van der Waals surface area contributed by atoms with Gasteiger partial charge in [0.1, 0.15) is 28.0 Å². The highest BCUT2D eigenvalue weighted by molar-refractivity contribution is 7.15. The second kappa shape index (κ2) is 10.6. The van der Waals surface area contributed by atoms with Crippen molar-refractivity contribution in [3.63, 3.8) is 0 Å². The number of rotatable bonds is 7. The minimum atomic E-state index is -0.604. The number of anilines is 1. The maximum Gasteiger partial charge on any atom is 0.341 e. The molecule has 0 aliphatic carbocycles. The number of nitrogens with zero attached hydrogens (tertiary/aromatic N) is 1. The highest BCUT2D eigenvalue weighted by Crippen LogP contribution is 2.38. The number of hydrogen-bond acceptors (Lipinski definition) is 6. The summed E-state index contributed by atoms with van der Waals surface area (Å²) in [5.74, 6) is -0.457. The Morgan fingerprint density at radius 3 is 2.45 bits per heavy atom. The third-order valence-electron chi connectivity index (χ3n) is 4.96. The van der Waals surface area contributed by atoms with Gasteiger partial charge in [0.15, 0.2) is 0 Å². The summed E-state index contributed by atoms with van der Waals surface area (Å²) >= 11 is 1.22. The summed E-state index contributed by atoms with van der Waals surface area (Å²) in [5.41, 5.74) is 4.56. The molecule has 7 heteroatoms. The summed E-state index contributed by atoms with van der Waals surface area (Å²) in [5, 5.41) is 14.4. The van der Waals surface area contributed by atoms with E-state index in [1.807, 2.05) is 43.5 Å². The standard InChI is InChI=1S/C26H24N2O4S/c1-5-32-26(30)23-22(21-11-6-16(2)12-17(21)3)15-33-25(23)28-24(29)19(14-27)13-18-7-9-20(31-4)10-8-18/h6-13,15H,5H2,1-4H3,(H,28,29)/b19-13+. The van der Waals surface area contributed by atoms with Gasteiger partial charge in [-0.05, 0) is 55.7 Å². The topological polar surface area (TPSA) is 88.4 Å². The van der Waals surface area contributed by atoms with Gasteiger partial charge in [0.05, 0.1) is 13.7 Å². The monoisotopic (exact) mass is 460 g/mol. The molecule has 1 N–H and O–H groups in total. The van der Waals surface area contributed by atoms with Gasteiger partial charge in [0.2, 0.25) is 0 Å². The predicted molar refractivity (Wildman–Crippen MR) is 130 cm³/mol. The lowest BCUT2D eigenvalue weighted by Crippen LogP contribution is -2.16. The van der Waals surface area contributed by atoms with Crippen molar-refractivity contribution in [2.75, 3.05) is 19.0 Å². The van der Waals surface area contributed by atoms with Gasteiger partial charge in [-0.2, -0.15) is 5.26 Å². The number of amides is 1. The first-order valence-corrected chi connectivity index (χ1v) is 11.2. The second-order valence-electron chi connectivity index (χ2n) is 7.29. The van der Waals surface area contributed by atoms with E-state index in [4.69, 9.17) is 9.47 Å². The summed E-state index contributed by atoms with van der Waals surface area (Å²) in [4.78, 5) is 25.7. The van der Waals surface area contributed by atoms with Crippen LogP contribution in [0.1, 0.15) is 34.0 Å². The molecule has 2 aromatic carbocycles. The molecule has 1 heterocycles. The van der Waals surface area contributed by atoms with Gasteiger partial charge >= 0.3 is 5.97 Å². The fourth-order valence-corrected chi connectivity index (χ4v) is 4.30. The minimum absolute atomic E-state index is 0.0866. The minimum Gasteiger partial charge on any atom is -0.497 e. The Morgan fingerprint density at radius 2 is 1.85 bits per heavy atom. The number of nitriles is 1. The number of methoxy groups -OCH3 is 1. The lowest BCUT2D eigenvalue weighted by Gasteiger charge is -2.10. The maximum absolute atomic E-state index is 12.9. The van der Waals surface area contributed by atoms with E-state index in [-0.39, 0.29) is 17.7 Å². The van der Waals surface area contributed by atoms with Gasteiger partial charge in [0.25, 0.3) is 5.91 Å². The Hall–Kier alpha value is -3.89. The van der Waals surface area contributed by atoms with Crippen molar-refractivity contribution in [3.05, 3.63) is 75.7 Å². The zero-order valence-corrected chi connectivity index (χ0v) is 19.7. The average molecular weight is 461 g/mol. The SMILES string of the molecule is CCOC(=O)c1c(-c2ccc(C)cc2C)csc1NC(=O)/C(C#N)=C/c1ccc(OC)cc1. The van der Waals surface area contributed by atoms with Crippen LogP contribution in [0.2, 0.25) is 0 Å². The van der Waals surface area contributed by atoms with Gasteiger partial charge in [-0.3, -0.25) is 4.79 Å². The van der Waals surface area contributed by atoms with Crippen molar-refractivity contribution in [1.29, 1.82) is 5.26 Å². The van der Waals surface area contributed by atoms with E-state index in [0.29, 0.717) is 21.9 Å². The number of carbonyl (C=O) groups is 2. The molecule has 0 aliphatic rings. The molecule has 168 valence electrons. The van der Waals surface area contributed by atoms with E-state index in [1.165, 1.54) is 17.4 Å². The lowest BCUT2D eigenvalue weighted by molar-refractivity contribution is -0.112. The van der Waals surface area contributed by atoms with Crippen LogP contribution in [0.25, 0.3) is 17.2 Å². The molecule has 0 unspecified atom stereocenters. The molecule has 3 rings (SSSR count). The Kier molecular flexibility index (Phi) is 7.65. The largest absolute Gasteiger partial charge is 0.497 e. The first-order chi connectivity index (χ1) is 15.9. The molecule has 33 heavy (non-hydrogen) atoms. The summed E-state index contributed by atoms with van der Waals surface area (Å²) in [7, 11) is 1.56. The van der Waals surface area contributed by atoms with Crippen LogP contribution in [0, 0.1) is 25.2 Å². The number of ether oxygens (including phenoxy) is 2. The Balaban J connectivity index is 1.97. The van der Waals surface area contributed by atoms with Gasteiger partial charge in [-0.1, -0.05) is 35.9 Å². The number of thiophene rings is 1. The normalized spacial score (nSPS) is 10.9. The van der Waals surface area contributed by atoms with Crippen LogP contribution in [0.4, 0.5) is 5.00 Å². The van der Waals surface area contributed by atoms with Crippen molar-refractivity contribution in [2.45, 2.75) is 20.8 Å².